The van der Waals surface area contributed by atoms with Crippen LogP contribution in [-0.2, 0) is 6.54 Å². The number of aryl methyl sites for hydroxylation is 1. The molecule has 0 aliphatic carbocycles. The van der Waals surface area contributed by atoms with Gasteiger partial charge in [-0.05, 0) is 18.1 Å². The zero-order valence-electron chi connectivity index (χ0n) is 10.2. The van der Waals surface area contributed by atoms with Crippen LogP contribution in [0, 0.1) is 6.92 Å². The van der Waals surface area contributed by atoms with Crippen LogP contribution in [0.2, 0.25) is 0 Å². The topological polar surface area (TPSA) is 46.9 Å². The summed E-state index contributed by atoms with van der Waals surface area (Å²) < 4.78 is 1.58. The van der Waals surface area contributed by atoms with E-state index in [0.29, 0.717) is 12.6 Å². The zero-order chi connectivity index (χ0) is 12.1. The molecule has 0 radical (unpaired) electrons. The highest BCUT2D eigenvalue weighted by Crippen LogP contribution is 1.96. The number of nitrogens with zero attached hydrogens (tertiary/aromatic N) is 2. The Morgan fingerprint density at radius 1 is 1.62 bits per heavy atom. The molecule has 1 heterocycles. The van der Waals surface area contributed by atoms with Crippen molar-refractivity contribution >= 4 is 0 Å². The lowest BCUT2D eigenvalue weighted by atomic mass is 10.2. The molecule has 0 unspecified atom stereocenters. The van der Waals surface area contributed by atoms with Gasteiger partial charge in [-0.1, -0.05) is 20.4 Å². The fraction of sp³-hybridized carbons (Fsp3) is 0.500. The van der Waals surface area contributed by atoms with Crippen molar-refractivity contribution in [3.8, 4) is 0 Å². The van der Waals surface area contributed by atoms with Gasteiger partial charge in [-0.2, -0.15) is 0 Å². The lowest BCUT2D eigenvalue weighted by Crippen LogP contribution is -2.29. The van der Waals surface area contributed by atoms with E-state index >= 15 is 0 Å². The van der Waals surface area contributed by atoms with Gasteiger partial charge in [0.15, 0.2) is 0 Å². The number of rotatable bonds is 5. The van der Waals surface area contributed by atoms with Crippen molar-refractivity contribution in [2.24, 2.45) is 0 Å². The average molecular weight is 221 g/mol. The lowest BCUT2D eigenvalue weighted by Gasteiger charge is -2.11. The van der Waals surface area contributed by atoms with Gasteiger partial charge in [0.1, 0.15) is 0 Å². The van der Waals surface area contributed by atoms with Crippen molar-refractivity contribution in [2.75, 3.05) is 6.54 Å². The van der Waals surface area contributed by atoms with Gasteiger partial charge in [0.25, 0.3) is 0 Å². The Hall–Kier alpha value is -1.42. The first-order chi connectivity index (χ1) is 7.49. The Morgan fingerprint density at radius 3 is 2.94 bits per heavy atom. The van der Waals surface area contributed by atoms with Gasteiger partial charge in [-0.25, -0.2) is 9.78 Å². The molecule has 0 saturated heterocycles. The molecule has 0 aliphatic rings. The molecule has 0 saturated carbocycles. The van der Waals surface area contributed by atoms with Gasteiger partial charge in [0.05, 0.1) is 0 Å². The first-order valence-corrected chi connectivity index (χ1v) is 5.42. The Bertz CT molecular complexity index is 421. The molecule has 0 aliphatic heterocycles. The van der Waals surface area contributed by atoms with Crippen LogP contribution in [0.5, 0.6) is 0 Å². The molecular formula is C12H19N3O. The summed E-state index contributed by atoms with van der Waals surface area (Å²) in [7, 11) is 0. The quantitative estimate of drug-likeness (QED) is 0.758. The summed E-state index contributed by atoms with van der Waals surface area (Å²) in [5.41, 5.74) is 1.73. The summed E-state index contributed by atoms with van der Waals surface area (Å²) in [6.07, 6.45) is 3.38. The Labute approximate surface area is 96.0 Å². The highest BCUT2D eigenvalue weighted by molar-refractivity contribution is 5.04. The van der Waals surface area contributed by atoms with Crippen molar-refractivity contribution in [2.45, 2.75) is 33.4 Å². The van der Waals surface area contributed by atoms with Gasteiger partial charge in [0, 0.05) is 31.5 Å². The molecule has 16 heavy (non-hydrogen) atoms. The van der Waals surface area contributed by atoms with Gasteiger partial charge >= 0.3 is 5.69 Å². The highest BCUT2D eigenvalue weighted by Gasteiger charge is 2.01. The zero-order valence-corrected chi connectivity index (χ0v) is 10.2. The van der Waals surface area contributed by atoms with E-state index in [9.17, 15) is 4.79 Å². The van der Waals surface area contributed by atoms with Crippen LogP contribution in [0.25, 0.3) is 0 Å². The third kappa shape index (κ3) is 3.98. The second-order valence-corrected chi connectivity index (χ2v) is 4.33. The molecule has 4 heteroatoms. The molecule has 0 spiro atoms. The van der Waals surface area contributed by atoms with E-state index in [4.69, 9.17) is 0 Å². The van der Waals surface area contributed by atoms with E-state index in [-0.39, 0.29) is 5.69 Å². The van der Waals surface area contributed by atoms with Crippen LogP contribution in [-0.4, -0.2) is 22.1 Å². The maximum Gasteiger partial charge on any atom is 0.347 e. The van der Waals surface area contributed by atoms with Crippen molar-refractivity contribution < 1.29 is 0 Å². The predicted molar refractivity (Wildman–Crippen MR) is 65.5 cm³/mol. The minimum atomic E-state index is -0.226. The van der Waals surface area contributed by atoms with Crippen LogP contribution in [0.4, 0.5) is 0 Å². The largest absolute Gasteiger partial charge is 0.347 e. The summed E-state index contributed by atoms with van der Waals surface area (Å²) in [6.45, 7) is 11.3. The smallest absolute Gasteiger partial charge is 0.311 e. The third-order valence-electron chi connectivity index (χ3n) is 2.14. The number of hydrogen-bond donors (Lipinski definition) is 1. The van der Waals surface area contributed by atoms with Gasteiger partial charge in [-0.3, -0.25) is 4.57 Å². The second-order valence-electron chi connectivity index (χ2n) is 4.33. The summed E-state index contributed by atoms with van der Waals surface area (Å²) in [4.78, 5) is 15.2. The van der Waals surface area contributed by atoms with Crippen molar-refractivity contribution in [1.82, 2.24) is 14.9 Å². The molecule has 0 fully saturated rings. The maximum atomic E-state index is 11.4. The van der Waals surface area contributed by atoms with E-state index in [1.54, 1.807) is 17.0 Å². The van der Waals surface area contributed by atoms with Crippen LogP contribution in [0.15, 0.2) is 29.3 Å². The second kappa shape index (κ2) is 5.61. The predicted octanol–water partition coefficient (Wildman–Crippen LogP) is 1.11. The summed E-state index contributed by atoms with van der Waals surface area (Å²) in [5.74, 6) is 0. The molecule has 1 N–H and O–H groups in total. The van der Waals surface area contributed by atoms with E-state index in [1.165, 1.54) is 0 Å². The number of hydrogen-bond acceptors (Lipinski definition) is 3. The third-order valence-corrected chi connectivity index (χ3v) is 2.14. The molecular weight excluding hydrogens is 202 g/mol. The maximum absolute atomic E-state index is 11.4. The lowest BCUT2D eigenvalue weighted by molar-refractivity contribution is 0.596. The molecule has 1 rings (SSSR count). The molecule has 1 aromatic rings. The van der Waals surface area contributed by atoms with Crippen molar-refractivity contribution in [1.29, 1.82) is 0 Å². The Morgan fingerprint density at radius 2 is 2.31 bits per heavy atom. The van der Waals surface area contributed by atoms with Crippen molar-refractivity contribution in [3.63, 3.8) is 0 Å². The van der Waals surface area contributed by atoms with Crippen LogP contribution >= 0.6 is 0 Å². The SMILES string of the molecule is C=C(CNC(C)C)Cn1cc(C)cnc1=O. The molecule has 1 aromatic heterocycles. The van der Waals surface area contributed by atoms with Gasteiger partial charge < -0.3 is 5.32 Å². The normalized spacial score (nSPS) is 10.8. The van der Waals surface area contributed by atoms with Gasteiger partial charge in [0.2, 0.25) is 0 Å². The molecule has 0 amide bonds. The monoisotopic (exact) mass is 221 g/mol. The fourth-order valence-electron chi connectivity index (χ4n) is 1.32. The molecule has 0 bridgehead atoms. The summed E-state index contributed by atoms with van der Waals surface area (Å²) in [6, 6.07) is 0.420. The average Bonchev–Trinajstić information content (AvgIpc) is 2.20. The highest BCUT2D eigenvalue weighted by atomic mass is 16.1. The Balaban J connectivity index is 2.62. The minimum absolute atomic E-state index is 0.226. The van der Waals surface area contributed by atoms with E-state index < -0.39 is 0 Å². The van der Waals surface area contributed by atoms with Crippen LogP contribution in [0.3, 0.4) is 0 Å². The van der Waals surface area contributed by atoms with Gasteiger partial charge in [-0.15, -0.1) is 0 Å². The van der Waals surface area contributed by atoms with E-state index in [2.05, 4.69) is 30.7 Å². The standard InChI is InChI=1S/C12H19N3O/c1-9(2)13-5-10(3)7-15-8-11(4)6-14-12(15)16/h6,8-9,13H,3,5,7H2,1-2,4H3. The minimum Gasteiger partial charge on any atom is -0.311 e. The number of aromatic nitrogens is 2. The molecule has 88 valence electrons. The molecule has 0 atom stereocenters. The Kier molecular flexibility index (Phi) is 4.43. The van der Waals surface area contributed by atoms with E-state index in [0.717, 1.165) is 17.7 Å². The fourth-order valence-corrected chi connectivity index (χ4v) is 1.32. The van der Waals surface area contributed by atoms with Crippen LogP contribution < -0.4 is 11.0 Å². The summed E-state index contributed by atoms with van der Waals surface area (Å²) in [5, 5.41) is 3.26. The number of nitrogens with one attached hydrogen (secondary N) is 1. The molecule has 0 aromatic carbocycles. The molecule has 4 nitrogen and oxygen atoms in total. The van der Waals surface area contributed by atoms with Crippen molar-refractivity contribution in [3.05, 3.63) is 40.6 Å². The van der Waals surface area contributed by atoms with Crippen LogP contribution in [0.1, 0.15) is 19.4 Å². The summed E-state index contributed by atoms with van der Waals surface area (Å²) >= 11 is 0. The van der Waals surface area contributed by atoms with E-state index in [1.807, 2.05) is 6.92 Å². The first-order valence-electron chi connectivity index (χ1n) is 5.42. The first kappa shape index (κ1) is 12.6.